The first-order chi connectivity index (χ1) is 28.3. The summed E-state index contributed by atoms with van der Waals surface area (Å²) >= 11 is 0. The van der Waals surface area contributed by atoms with Gasteiger partial charge in [0.05, 0.1) is 22.1 Å². The molecule has 1 aliphatic rings. The van der Waals surface area contributed by atoms with Crippen molar-refractivity contribution in [3.63, 3.8) is 0 Å². The van der Waals surface area contributed by atoms with Crippen LogP contribution >= 0.6 is 0 Å². The van der Waals surface area contributed by atoms with Gasteiger partial charge in [0.1, 0.15) is 0 Å². The standard InChI is InChI=1S/C55H38N2/c1-6-20-39(21-7-1)45-36-37-52-53(48-31-17-19-33-51(48)57(52)43-28-14-5-15-29-43)54(45)56(42-26-12-4-13-27-42)44-34-35-47-46-30-16-18-32-49(46)55(50(47)38-44,40-22-8-2-9-23-40)41-24-10-3-11-25-41/h1-38H. The Balaban J connectivity index is 1.28. The second-order valence-electron chi connectivity index (χ2n) is 14.8. The molecule has 0 bridgehead atoms. The molecule has 2 nitrogen and oxygen atoms in total. The van der Waals surface area contributed by atoms with Crippen molar-refractivity contribution < 1.29 is 0 Å². The molecule has 1 aliphatic carbocycles. The SMILES string of the molecule is c1ccc(-c2ccc3c(c2N(c2ccccc2)c2ccc4c(c2)C(c2ccccc2)(c2ccccc2)c2ccccc2-4)c2ccccc2n3-c2ccccc2)cc1. The van der Waals surface area contributed by atoms with Crippen molar-refractivity contribution in [1.82, 2.24) is 4.57 Å². The highest BCUT2D eigenvalue weighted by molar-refractivity contribution is 6.19. The molecule has 0 amide bonds. The Morgan fingerprint density at radius 3 is 1.61 bits per heavy atom. The average Bonchev–Trinajstić information content (AvgIpc) is 3.79. The van der Waals surface area contributed by atoms with Crippen LogP contribution in [0, 0.1) is 0 Å². The highest BCUT2D eigenvalue weighted by Gasteiger charge is 2.46. The molecule has 1 aromatic heterocycles. The van der Waals surface area contributed by atoms with Gasteiger partial charge in [-0.05, 0) is 87.5 Å². The Hall–Kier alpha value is -7.42. The number of nitrogens with zero attached hydrogens (tertiary/aromatic N) is 2. The van der Waals surface area contributed by atoms with E-state index in [-0.39, 0.29) is 0 Å². The van der Waals surface area contributed by atoms with E-state index in [1.54, 1.807) is 0 Å². The highest BCUT2D eigenvalue weighted by Crippen LogP contribution is 2.58. The van der Waals surface area contributed by atoms with Crippen LogP contribution in [0.25, 0.3) is 49.7 Å². The molecule has 0 atom stereocenters. The van der Waals surface area contributed by atoms with Gasteiger partial charge in [-0.25, -0.2) is 0 Å². The van der Waals surface area contributed by atoms with E-state index in [0.29, 0.717) is 0 Å². The number of hydrogen-bond donors (Lipinski definition) is 0. The van der Waals surface area contributed by atoms with Gasteiger partial charge in [0.25, 0.3) is 0 Å². The molecule has 10 aromatic rings. The maximum Gasteiger partial charge on any atom is 0.0714 e. The van der Waals surface area contributed by atoms with E-state index in [0.717, 1.165) is 28.3 Å². The molecule has 0 spiro atoms. The van der Waals surface area contributed by atoms with Crippen LogP contribution in [0.2, 0.25) is 0 Å². The third-order valence-corrected chi connectivity index (χ3v) is 11.8. The second-order valence-corrected chi connectivity index (χ2v) is 14.8. The maximum absolute atomic E-state index is 2.51. The summed E-state index contributed by atoms with van der Waals surface area (Å²) in [7, 11) is 0. The van der Waals surface area contributed by atoms with Gasteiger partial charge in [-0.1, -0.05) is 182 Å². The van der Waals surface area contributed by atoms with Crippen molar-refractivity contribution in [2.75, 3.05) is 4.90 Å². The summed E-state index contributed by atoms with van der Waals surface area (Å²) in [5.74, 6) is 0. The third-order valence-electron chi connectivity index (χ3n) is 11.8. The number of rotatable bonds is 7. The molecule has 11 rings (SSSR count). The van der Waals surface area contributed by atoms with Crippen LogP contribution in [-0.2, 0) is 5.41 Å². The number of anilines is 3. The summed E-state index contributed by atoms with van der Waals surface area (Å²) in [6, 6.07) is 84.3. The first-order valence-corrected chi connectivity index (χ1v) is 19.7. The quantitative estimate of drug-likeness (QED) is 0.159. The van der Waals surface area contributed by atoms with Gasteiger partial charge >= 0.3 is 0 Å². The Morgan fingerprint density at radius 1 is 0.368 bits per heavy atom. The van der Waals surface area contributed by atoms with Crippen LogP contribution in [0.1, 0.15) is 22.3 Å². The van der Waals surface area contributed by atoms with E-state index in [4.69, 9.17) is 0 Å². The molecular formula is C55H38N2. The normalized spacial score (nSPS) is 12.7. The van der Waals surface area contributed by atoms with Crippen LogP contribution in [0.5, 0.6) is 0 Å². The zero-order valence-electron chi connectivity index (χ0n) is 31.3. The molecule has 0 N–H and O–H groups in total. The molecule has 1 heterocycles. The number of benzene rings is 9. The summed E-state index contributed by atoms with van der Waals surface area (Å²) in [6.45, 7) is 0. The van der Waals surface area contributed by atoms with Crippen molar-refractivity contribution in [1.29, 1.82) is 0 Å². The minimum atomic E-state index is -0.523. The van der Waals surface area contributed by atoms with E-state index in [2.05, 4.69) is 240 Å². The zero-order valence-corrected chi connectivity index (χ0v) is 31.3. The highest BCUT2D eigenvalue weighted by atomic mass is 15.2. The van der Waals surface area contributed by atoms with Gasteiger partial charge in [0.2, 0.25) is 0 Å². The van der Waals surface area contributed by atoms with E-state index < -0.39 is 5.41 Å². The molecule has 0 radical (unpaired) electrons. The van der Waals surface area contributed by atoms with Gasteiger partial charge in [-0.2, -0.15) is 0 Å². The van der Waals surface area contributed by atoms with Crippen LogP contribution in [-0.4, -0.2) is 4.57 Å². The van der Waals surface area contributed by atoms with Crippen molar-refractivity contribution in [2.24, 2.45) is 0 Å². The summed E-state index contributed by atoms with van der Waals surface area (Å²) in [4.78, 5) is 2.51. The minimum absolute atomic E-state index is 0.523. The monoisotopic (exact) mass is 726 g/mol. The van der Waals surface area contributed by atoms with Gasteiger partial charge in [0.15, 0.2) is 0 Å². The molecule has 0 fully saturated rings. The Labute approximate surface area is 333 Å². The van der Waals surface area contributed by atoms with Crippen molar-refractivity contribution in [3.8, 4) is 27.9 Å². The number of hydrogen-bond acceptors (Lipinski definition) is 1. The predicted molar refractivity (Wildman–Crippen MR) is 238 cm³/mol. The smallest absolute Gasteiger partial charge is 0.0714 e. The Bertz CT molecular complexity index is 3000. The van der Waals surface area contributed by atoms with Crippen LogP contribution < -0.4 is 4.90 Å². The molecule has 0 aliphatic heterocycles. The molecule has 57 heavy (non-hydrogen) atoms. The van der Waals surface area contributed by atoms with Gasteiger partial charge < -0.3 is 9.47 Å². The largest absolute Gasteiger partial charge is 0.309 e. The van der Waals surface area contributed by atoms with Crippen molar-refractivity contribution in [3.05, 3.63) is 253 Å². The third kappa shape index (κ3) is 5.04. The minimum Gasteiger partial charge on any atom is -0.309 e. The lowest BCUT2D eigenvalue weighted by atomic mass is 9.67. The fourth-order valence-electron chi connectivity index (χ4n) is 9.54. The lowest BCUT2D eigenvalue weighted by molar-refractivity contribution is 0.768. The number of fused-ring (bicyclic) bond motifs is 6. The average molecular weight is 727 g/mol. The van der Waals surface area contributed by atoms with Crippen LogP contribution in [0.15, 0.2) is 231 Å². The van der Waals surface area contributed by atoms with Crippen molar-refractivity contribution in [2.45, 2.75) is 5.41 Å². The van der Waals surface area contributed by atoms with Gasteiger partial charge in [-0.3, -0.25) is 0 Å². The lowest BCUT2D eigenvalue weighted by Crippen LogP contribution is -2.28. The molecule has 268 valence electrons. The van der Waals surface area contributed by atoms with Crippen LogP contribution in [0.3, 0.4) is 0 Å². The zero-order chi connectivity index (χ0) is 37.8. The fraction of sp³-hybridized carbons (Fsp3) is 0.0182. The molecule has 0 saturated carbocycles. The van der Waals surface area contributed by atoms with Gasteiger partial charge in [0, 0.05) is 33.4 Å². The topological polar surface area (TPSA) is 8.17 Å². The van der Waals surface area contributed by atoms with E-state index in [9.17, 15) is 0 Å². The first kappa shape index (κ1) is 33.0. The summed E-state index contributed by atoms with van der Waals surface area (Å²) in [5.41, 5.74) is 16.3. The fourth-order valence-corrected chi connectivity index (χ4v) is 9.54. The molecule has 9 aromatic carbocycles. The number of aromatic nitrogens is 1. The number of para-hydroxylation sites is 3. The maximum atomic E-state index is 2.51. The van der Waals surface area contributed by atoms with E-state index >= 15 is 0 Å². The van der Waals surface area contributed by atoms with Crippen LogP contribution in [0.4, 0.5) is 17.1 Å². The summed E-state index contributed by atoms with van der Waals surface area (Å²) in [6.07, 6.45) is 0. The first-order valence-electron chi connectivity index (χ1n) is 19.7. The molecule has 0 saturated heterocycles. The molecular weight excluding hydrogens is 689 g/mol. The summed E-state index contributed by atoms with van der Waals surface area (Å²) < 4.78 is 2.42. The Morgan fingerprint density at radius 2 is 0.912 bits per heavy atom. The van der Waals surface area contributed by atoms with Crippen molar-refractivity contribution >= 4 is 38.9 Å². The van der Waals surface area contributed by atoms with E-state index in [1.807, 2.05) is 0 Å². The lowest BCUT2D eigenvalue weighted by Gasteiger charge is -2.35. The van der Waals surface area contributed by atoms with Gasteiger partial charge in [-0.15, -0.1) is 0 Å². The summed E-state index contributed by atoms with van der Waals surface area (Å²) in [5, 5.41) is 2.42. The second kappa shape index (κ2) is 13.4. The predicted octanol–water partition coefficient (Wildman–Crippen LogP) is 14.3. The Kier molecular flexibility index (Phi) is 7.75. The van der Waals surface area contributed by atoms with E-state index in [1.165, 1.54) is 60.8 Å². The molecule has 0 unspecified atom stereocenters. The molecule has 2 heteroatoms.